The van der Waals surface area contributed by atoms with Gasteiger partial charge in [0.25, 0.3) is 5.91 Å². The second kappa shape index (κ2) is 11.6. The zero-order chi connectivity index (χ0) is 19.3. The quantitative estimate of drug-likeness (QED) is 0.312. The van der Waals surface area contributed by atoms with Gasteiger partial charge in [0.2, 0.25) is 0 Å². The number of nitrogens with one attached hydrogen (secondary N) is 2. The first kappa shape index (κ1) is 20.3. The molecule has 1 aromatic heterocycles. The van der Waals surface area contributed by atoms with Gasteiger partial charge in [0, 0.05) is 26.7 Å². The standard InChI is InChI=1S/C19H26N4O4/c1-21-19(22-8-4-9-25-13-17-7-3-10-26-17)23-12-15-5-2-6-16(11-15)27-14-18(20)24/h2-3,5-7,10-11H,4,8-9,12-14H2,1H3,(H2,20,24)(H2,21,22,23). The summed E-state index contributed by atoms with van der Waals surface area (Å²) in [6.07, 6.45) is 2.48. The van der Waals surface area contributed by atoms with Crippen molar-refractivity contribution >= 4 is 11.9 Å². The normalized spacial score (nSPS) is 11.2. The Kier molecular flexibility index (Phi) is 8.72. The Morgan fingerprint density at radius 3 is 2.89 bits per heavy atom. The number of hydrogen-bond donors (Lipinski definition) is 3. The first-order chi connectivity index (χ1) is 13.2. The molecule has 0 aliphatic heterocycles. The van der Waals surface area contributed by atoms with Gasteiger partial charge in [-0.3, -0.25) is 9.79 Å². The van der Waals surface area contributed by atoms with Crippen LogP contribution in [0.25, 0.3) is 0 Å². The predicted octanol–water partition coefficient (Wildman–Crippen LogP) is 1.42. The van der Waals surface area contributed by atoms with Crippen molar-refractivity contribution in [1.29, 1.82) is 0 Å². The van der Waals surface area contributed by atoms with Gasteiger partial charge in [0.1, 0.15) is 18.1 Å². The molecule has 1 amide bonds. The van der Waals surface area contributed by atoms with E-state index in [9.17, 15) is 4.79 Å². The Labute approximate surface area is 158 Å². The summed E-state index contributed by atoms with van der Waals surface area (Å²) in [5.74, 6) is 1.62. The van der Waals surface area contributed by atoms with E-state index in [0.717, 1.165) is 24.3 Å². The minimum atomic E-state index is -0.503. The van der Waals surface area contributed by atoms with Crippen LogP contribution in [0.15, 0.2) is 52.1 Å². The first-order valence-corrected chi connectivity index (χ1v) is 8.72. The lowest BCUT2D eigenvalue weighted by Gasteiger charge is -2.12. The summed E-state index contributed by atoms with van der Waals surface area (Å²) in [5.41, 5.74) is 6.08. The van der Waals surface area contributed by atoms with Gasteiger partial charge in [-0.25, -0.2) is 0 Å². The molecule has 0 aliphatic carbocycles. The number of nitrogens with two attached hydrogens (primary N) is 1. The molecule has 8 nitrogen and oxygen atoms in total. The van der Waals surface area contributed by atoms with E-state index in [1.165, 1.54) is 0 Å². The molecule has 1 heterocycles. The number of carbonyl (C=O) groups is 1. The molecule has 0 bridgehead atoms. The maximum absolute atomic E-state index is 10.8. The second-order valence-corrected chi connectivity index (χ2v) is 5.74. The Balaban J connectivity index is 1.63. The molecule has 0 aliphatic rings. The van der Waals surface area contributed by atoms with E-state index < -0.39 is 5.91 Å². The van der Waals surface area contributed by atoms with Gasteiger partial charge in [-0.2, -0.15) is 0 Å². The number of carbonyl (C=O) groups excluding carboxylic acids is 1. The average molecular weight is 374 g/mol. The Morgan fingerprint density at radius 1 is 1.26 bits per heavy atom. The van der Waals surface area contributed by atoms with Crippen molar-refractivity contribution in [3.05, 3.63) is 54.0 Å². The number of ether oxygens (including phenoxy) is 2. The fourth-order valence-electron chi connectivity index (χ4n) is 2.25. The van der Waals surface area contributed by atoms with Gasteiger partial charge in [-0.05, 0) is 36.2 Å². The van der Waals surface area contributed by atoms with Crippen LogP contribution < -0.4 is 21.1 Å². The third kappa shape index (κ3) is 8.28. The molecule has 146 valence electrons. The zero-order valence-electron chi connectivity index (χ0n) is 15.4. The van der Waals surface area contributed by atoms with Gasteiger partial charge >= 0.3 is 0 Å². The maximum Gasteiger partial charge on any atom is 0.255 e. The Morgan fingerprint density at radius 2 is 2.15 bits per heavy atom. The van der Waals surface area contributed by atoms with Crippen LogP contribution in [0.2, 0.25) is 0 Å². The lowest BCUT2D eigenvalue weighted by atomic mass is 10.2. The van der Waals surface area contributed by atoms with Crippen LogP contribution in [0, 0.1) is 0 Å². The number of nitrogens with zero attached hydrogens (tertiary/aromatic N) is 1. The van der Waals surface area contributed by atoms with E-state index in [2.05, 4.69) is 15.6 Å². The summed E-state index contributed by atoms with van der Waals surface area (Å²) >= 11 is 0. The van der Waals surface area contributed by atoms with Crippen molar-refractivity contribution in [2.24, 2.45) is 10.7 Å². The highest BCUT2D eigenvalue weighted by atomic mass is 16.5. The summed E-state index contributed by atoms with van der Waals surface area (Å²) in [6.45, 7) is 2.28. The van der Waals surface area contributed by atoms with Gasteiger partial charge < -0.3 is 30.3 Å². The van der Waals surface area contributed by atoms with Crippen LogP contribution in [-0.2, 0) is 22.7 Å². The molecule has 0 saturated heterocycles. The molecule has 0 atom stereocenters. The number of furan rings is 1. The van der Waals surface area contributed by atoms with Gasteiger partial charge in [0.15, 0.2) is 12.6 Å². The molecule has 4 N–H and O–H groups in total. The topological polar surface area (TPSA) is 111 Å². The fraction of sp³-hybridized carbons (Fsp3) is 0.368. The van der Waals surface area contributed by atoms with Crippen molar-refractivity contribution < 1.29 is 18.7 Å². The molecule has 2 rings (SSSR count). The minimum Gasteiger partial charge on any atom is -0.484 e. The Bertz CT molecular complexity index is 716. The smallest absolute Gasteiger partial charge is 0.255 e. The van der Waals surface area contributed by atoms with Crippen LogP contribution >= 0.6 is 0 Å². The first-order valence-electron chi connectivity index (χ1n) is 8.72. The van der Waals surface area contributed by atoms with Gasteiger partial charge in [-0.1, -0.05) is 12.1 Å². The van der Waals surface area contributed by atoms with E-state index >= 15 is 0 Å². The highest BCUT2D eigenvalue weighted by Crippen LogP contribution is 2.13. The number of aliphatic imine (C=N–C) groups is 1. The molecule has 1 aromatic carbocycles. The van der Waals surface area contributed by atoms with E-state index in [-0.39, 0.29) is 6.61 Å². The second-order valence-electron chi connectivity index (χ2n) is 5.74. The minimum absolute atomic E-state index is 0.137. The van der Waals surface area contributed by atoms with Gasteiger partial charge in [0.05, 0.1) is 6.26 Å². The van der Waals surface area contributed by atoms with Crippen molar-refractivity contribution in [1.82, 2.24) is 10.6 Å². The fourth-order valence-corrected chi connectivity index (χ4v) is 2.25. The summed E-state index contributed by atoms with van der Waals surface area (Å²) in [4.78, 5) is 15.0. The number of rotatable bonds is 11. The number of benzene rings is 1. The van der Waals surface area contributed by atoms with Crippen LogP contribution in [0.4, 0.5) is 0 Å². The summed E-state index contributed by atoms with van der Waals surface area (Å²) in [6, 6.07) is 11.2. The number of primary amides is 1. The van der Waals surface area contributed by atoms with E-state index in [0.29, 0.717) is 31.5 Å². The molecule has 0 radical (unpaired) electrons. The molecule has 8 heteroatoms. The van der Waals surface area contributed by atoms with Crippen LogP contribution in [0.5, 0.6) is 5.75 Å². The molecule has 0 unspecified atom stereocenters. The average Bonchev–Trinajstić information content (AvgIpc) is 3.19. The zero-order valence-corrected chi connectivity index (χ0v) is 15.4. The van der Waals surface area contributed by atoms with Crippen molar-refractivity contribution in [3.8, 4) is 5.75 Å². The van der Waals surface area contributed by atoms with Crippen LogP contribution in [0.1, 0.15) is 17.7 Å². The molecule has 0 spiro atoms. The largest absolute Gasteiger partial charge is 0.484 e. The van der Waals surface area contributed by atoms with Crippen molar-refractivity contribution in [2.45, 2.75) is 19.6 Å². The van der Waals surface area contributed by atoms with Gasteiger partial charge in [-0.15, -0.1) is 0 Å². The molecule has 0 saturated carbocycles. The van der Waals surface area contributed by atoms with E-state index in [4.69, 9.17) is 19.6 Å². The Hall–Kier alpha value is -3.00. The molecule has 0 fully saturated rings. The lowest BCUT2D eigenvalue weighted by Crippen LogP contribution is -2.37. The van der Waals surface area contributed by atoms with Crippen LogP contribution in [0.3, 0.4) is 0 Å². The highest BCUT2D eigenvalue weighted by molar-refractivity contribution is 5.79. The van der Waals surface area contributed by atoms with E-state index in [1.54, 1.807) is 19.4 Å². The molecule has 27 heavy (non-hydrogen) atoms. The SMILES string of the molecule is CN=C(NCCCOCc1ccco1)NCc1cccc(OCC(N)=O)c1. The van der Waals surface area contributed by atoms with Crippen LogP contribution in [-0.4, -0.2) is 38.7 Å². The lowest BCUT2D eigenvalue weighted by molar-refractivity contribution is -0.119. The molecule has 2 aromatic rings. The van der Waals surface area contributed by atoms with Crippen molar-refractivity contribution in [3.63, 3.8) is 0 Å². The number of hydrogen-bond acceptors (Lipinski definition) is 5. The number of guanidine groups is 1. The van der Waals surface area contributed by atoms with Crippen molar-refractivity contribution in [2.75, 3.05) is 26.8 Å². The van der Waals surface area contributed by atoms with E-state index in [1.807, 2.05) is 30.3 Å². The third-order valence-electron chi connectivity index (χ3n) is 3.55. The highest BCUT2D eigenvalue weighted by Gasteiger charge is 2.02. The summed E-state index contributed by atoms with van der Waals surface area (Å²) in [7, 11) is 1.72. The third-order valence-corrected chi connectivity index (χ3v) is 3.55. The molecular weight excluding hydrogens is 348 g/mol. The predicted molar refractivity (Wildman–Crippen MR) is 102 cm³/mol. The molecular formula is C19H26N4O4. The summed E-state index contributed by atoms with van der Waals surface area (Å²) < 4.78 is 16.0. The monoisotopic (exact) mass is 374 g/mol. The number of amides is 1. The maximum atomic E-state index is 10.8. The summed E-state index contributed by atoms with van der Waals surface area (Å²) in [5, 5.41) is 6.46.